The van der Waals surface area contributed by atoms with Crippen molar-refractivity contribution in [2.45, 2.75) is 25.4 Å². The molecule has 164 valence electrons. The van der Waals surface area contributed by atoms with Crippen molar-refractivity contribution in [3.05, 3.63) is 64.0 Å². The minimum atomic E-state index is -0.362. The molecule has 1 aromatic heterocycles. The zero-order valence-electron chi connectivity index (χ0n) is 17.9. The number of ether oxygens (including phenoxy) is 1. The summed E-state index contributed by atoms with van der Waals surface area (Å²) in [4.78, 5) is 19.8. The maximum atomic E-state index is 10.8. The third kappa shape index (κ3) is 5.39. The number of rotatable bonds is 8. The lowest BCUT2D eigenvalue weighted by Gasteiger charge is -2.35. The largest absolute Gasteiger partial charge is 0.495 e. The van der Waals surface area contributed by atoms with Crippen LogP contribution in [0.2, 0.25) is 0 Å². The number of anilines is 1. The van der Waals surface area contributed by atoms with E-state index in [0.29, 0.717) is 6.04 Å². The van der Waals surface area contributed by atoms with Crippen LogP contribution in [0.15, 0.2) is 42.6 Å². The van der Waals surface area contributed by atoms with Gasteiger partial charge >= 0.3 is 0 Å². The van der Waals surface area contributed by atoms with E-state index in [-0.39, 0.29) is 10.6 Å². The van der Waals surface area contributed by atoms with Gasteiger partial charge in [0.2, 0.25) is 0 Å². The molecule has 1 aromatic carbocycles. The number of benzene rings is 1. The van der Waals surface area contributed by atoms with Crippen molar-refractivity contribution in [3.63, 3.8) is 0 Å². The van der Waals surface area contributed by atoms with Crippen molar-refractivity contribution in [2.75, 3.05) is 44.7 Å². The van der Waals surface area contributed by atoms with Crippen molar-refractivity contribution in [1.29, 1.82) is 0 Å². The Morgan fingerprint density at radius 3 is 2.71 bits per heavy atom. The summed E-state index contributed by atoms with van der Waals surface area (Å²) in [6.07, 6.45) is 8.22. The van der Waals surface area contributed by atoms with Gasteiger partial charge in [-0.3, -0.25) is 15.1 Å². The average molecular weight is 424 g/mol. The molecule has 0 aliphatic carbocycles. The number of piperidine rings is 1. The molecule has 31 heavy (non-hydrogen) atoms. The molecule has 3 heterocycles. The van der Waals surface area contributed by atoms with Gasteiger partial charge < -0.3 is 19.9 Å². The van der Waals surface area contributed by atoms with Crippen LogP contribution in [-0.4, -0.2) is 60.7 Å². The number of methoxy groups -OCH3 is 1. The number of non-ortho nitro benzene ring substituents is 1. The summed E-state index contributed by atoms with van der Waals surface area (Å²) in [6, 6.07) is 9.35. The molecule has 0 atom stereocenters. The van der Waals surface area contributed by atoms with Gasteiger partial charge in [-0.05, 0) is 37.6 Å². The highest BCUT2D eigenvalue weighted by molar-refractivity contribution is 5.69. The first-order valence-electron chi connectivity index (χ1n) is 10.8. The van der Waals surface area contributed by atoms with Gasteiger partial charge in [0.25, 0.3) is 5.69 Å². The number of nitro groups is 1. The number of hydrogen-bond acceptors (Lipinski definition) is 7. The monoisotopic (exact) mass is 423 g/mol. The van der Waals surface area contributed by atoms with Crippen LogP contribution in [0.3, 0.4) is 0 Å². The van der Waals surface area contributed by atoms with Crippen LogP contribution in [0.4, 0.5) is 11.4 Å². The fraction of sp³-hybridized carbons (Fsp3) is 0.435. The van der Waals surface area contributed by atoms with Crippen molar-refractivity contribution in [3.8, 4) is 5.75 Å². The maximum Gasteiger partial charge on any atom is 0.269 e. The van der Waals surface area contributed by atoms with Crippen molar-refractivity contribution < 1.29 is 9.66 Å². The van der Waals surface area contributed by atoms with Crippen molar-refractivity contribution in [1.82, 2.24) is 15.2 Å². The minimum Gasteiger partial charge on any atom is -0.495 e. The molecule has 8 heteroatoms. The Bertz CT molecular complexity index is 923. The van der Waals surface area contributed by atoms with Crippen LogP contribution in [0.5, 0.6) is 5.75 Å². The zero-order valence-corrected chi connectivity index (χ0v) is 17.9. The second-order valence-corrected chi connectivity index (χ2v) is 8.05. The van der Waals surface area contributed by atoms with Gasteiger partial charge in [0, 0.05) is 50.4 Å². The van der Waals surface area contributed by atoms with E-state index >= 15 is 0 Å². The van der Waals surface area contributed by atoms with Gasteiger partial charge in [-0.25, -0.2) is 0 Å². The molecule has 8 nitrogen and oxygen atoms in total. The van der Waals surface area contributed by atoms with Crippen LogP contribution in [0.1, 0.15) is 24.1 Å². The van der Waals surface area contributed by atoms with E-state index in [0.717, 1.165) is 74.8 Å². The zero-order chi connectivity index (χ0) is 21.6. The Kier molecular flexibility index (Phi) is 6.79. The molecule has 1 N–H and O–H groups in total. The fourth-order valence-electron chi connectivity index (χ4n) is 4.16. The van der Waals surface area contributed by atoms with Crippen LogP contribution in [-0.2, 0) is 6.54 Å². The number of fused-ring (bicyclic) bond motifs is 1. The lowest BCUT2D eigenvalue weighted by Crippen LogP contribution is -2.45. The summed E-state index contributed by atoms with van der Waals surface area (Å²) in [6.45, 7) is 5.78. The van der Waals surface area contributed by atoms with E-state index < -0.39 is 0 Å². The van der Waals surface area contributed by atoms with E-state index in [9.17, 15) is 10.1 Å². The third-order valence-electron chi connectivity index (χ3n) is 6.07. The van der Waals surface area contributed by atoms with Gasteiger partial charge in [0.1, 0.15) is 5.75 Å². The SMILES string of the molecule is COc1cnc2c(c1)N(CCN1CCC(NCc3ccc([N+](=O)[O-])cc3)CC1)CC=C2. The van der Waals surface area contributed by atoms with Crippen molar-refractivity contribution >= 4 is 17.5 Å². The van der Waals surface area contributed by atoms with E-state index in [4.69, 9.17) is 4.74 Å². The van der Waals surface area contributed by atoms with Gasteiger partial charge in [-0.15, -0.1) is 0 Å². The number of nitrogens with one attached hydrogen (secondary N) is 1. The van der Waals surface area contributed by atoms with Gasteiger partial charge in [0.15, 0.2) is 0 Å². The summed E-state index contributed by atoms with van der Waals surface area (Å²) in [5.74, 6) is 0.791. The molecule has 0 unspecified atom stereocenters. The lowest BCUT2D eigenvalue weighted by molar-refractivity contribution is -0.384. The van der Waals surface area contributed by atoms with E-state index in [1.807, 2.05) is 12.1 Å². The number of nitrogens with zero attached hydrogens (tertiary/aromatic N) is 4. The predicted octanol–water partition coefficient (Wildman–Crippen LogP) is 3.09. The number of likely N-dealkylation sites (tertiary alicyclic amines) is 1. The first-order valence-corrected chi connectivity index (χ1v) is 10.8. The molecule has 0 bridgehead atoms. The van der Waals surface area contributed by atoms with Crippen LogP contribution < -0.4 is 15.0 Å². The molecule has 0 radical (unpaired) electrons. The van der Waals surface area contributed by atoms with E-state index in [1.165, 1.54) is 0 Å². The van der Waals surface area contributed by atoms with Gasteiger partial charge in [0.05, 0.1) is 29.6 Å². The molecule has 1 fully saturated rings. The average Bonchev–Trinajstić information content (AvgIpc) is 2.82. The Morgan fingerprint density at radius 1 is 1.23 bits per heavy atom. The Labute approximate surface area is 182 Å². The Balaban J connectivity index is 1.21. The normalized spacial score (nSPS) is 16.9. The Hall–Kier alpha value is -2.97. The molecule has 2 aliphatic heterocycles. The second kappa shape index (κ2) is 9.89. The molecular weight excluding hydrogens is 394 g/mol. The quantitative estimate of drug-likeness (QED) is 0.516. The van der Waals surface area contributed by atoms with E-state index in [1.54, 1.807) is 25.4 Å². The molecule has 0 saturated carbocycles. The molecule has 4 rings (SSSR count). The fourth-order valence-corrected chi connectivity index (χ4v) is 4.16. The van der Waals surface area contributed by atoms with Crippen molar-refractivity contribution in [2.24, 2.45) is 0 Å². The summed E-state index contributed by atoms with van der Waals surface area (Å²) in [5.41, 5.74) is 3.36. The molecule has 1 saturated heterocycles. The summed E-state index contributed by atoms with van der Waals surface area (Å²) in [7, 11) is 1.67. The molecule has 2 aliphatic rings. The highest BCUT2D eigenvalue weighted by Crippen LogP contribution is 2.28. The number of pyridine rings is 1. The molecule has 2 aromatic rings. The first kappa shape index (κ1) is 21.3. The second-order valence-electron chi connectivity index (χ2n) is 8.05. The molecular formula is C23H29N5O3. The third-order valence-corrected chi connectivity index (χ3v) is 6.07. The standard InChI is InChI=1S/C23H29N5O3/c1-31-21-15-23-22(25-17-21)3-2-10-27(23)14-13-26-11-8-19(9-12-26)24-16-18-4-6-20(7-5-18)28(29)30/h2-7,15,17,19,24H,8-14,16H2,1H3. The number of aromatic nitrogens is 1. The Morgan fingerprint density at radius 2 is 2.00 bits per heavy atom. The predicted molar refractivity (Wildman–Crippen MR) is 121 cm³/mol. The van der Waals surface area contributed by atoms with Gasteiger partial charge in [-0.1, -0.05) is 18.2 Å². The smallest absolute Gasteiger partial charge is 0.269 e. The highest BCUT2D eigenvalue weighted by atomic mass is 16.6. The minimum absolute atomic E-state index is 0.137. The van der Waals surface area contributed by atoms with Gasteiger partial charge in [-0.2, -0.15) is 0 Å². The number of hydrogen-bond donors (Lipinski definition) is 1. The maximum absolute atomic E-state index is 10.8. The highest BCUT2D eigenvalue weighted by Gasteiger charge is 2.21. The van der Waals surface area contributed by atoms with Crippen LogP contribution in [0, 0.1) is 10.1 Å². The van der Waals surface area contributed by atoms with Crippen LogP contribution in [0.25, 0.3) is 6.08 Å². The topological polar surface area (TPSA) is 83.8 Å². The van der Waals surface area contributed by atoms with Crippen LogP contribution >= 0.6 is 0 Å². The first-order chi connectivity index (χ1) is 15.1. The summed E-state index contributed by atoms with van der Waals surface area (Å²) >= 11 is 0. The lowest BCUT2D eigenvalue weighted by atomic mass is 10.0. The molecule has 0 amide bonds. The summed E-state index contributed by atoms with van der Waals surface area (Å²) in [5, 5.41) is 14.4. The summed E-state index contributed by atoms with van der Waals surface area (Å²) < 4.78 is 5.35. The van der Waals surface area contributed by atoms with E-state index in [2.05, 4.69) is 38.3 Å². The molecule has 0 spiro atoms. The number of nitro benzene ring substituents is 1.